The first-order valence-electron chi connectivity index (χ1n) is 10.7. The van der Waals surface area contributed by atoms with E-state index in [9.17, 15) is 9.59 Å². The smallest absolute Gasteiger partial charge is 0.227 e. The third-order valence-electron chi connectivity index (χ3n) is 5.94. The largest absolute Gasteiger partial charge is 0.496 e. The zero-order chi connectivity index (χ0) is 21.1. The van der Waals surface area contributed by atoms with Crippen molar-refractivity contribution in [3.63, 3.8) is 0 Å². The molecule has 4 rings (SSSR count). The van der Waals surface area contributed by atoms with Crippen molar-refractivity contribution < 1.29 is 14.3 Å². The maximum atomic E-state index is 13.6. The number of fused-ring (bicyclic) bond motifs is 2. The van der Waals surface area contributed by atoms with Crippen molar-refractivity contribution in [1.29, 1.82) is 0 Å². The summed E-state index contributed by atoms with van der Waals surface area (Å²) in [6, 6.07) is 15.1. The molecule has 2 atom stereocenters. The van der Waals surface area contributed by atoms with E-state index in [0.29, 0.717) is 25.0 Å². The second kappa shape index (κ2) is 8.74. The molecule has 0 unspecified atom stereocenters. The van der Waals surface area contributed by atoms with Crippen LogP contribution in [0, 0.1) is 5.92 Å². The third-order valence-corrected chi connectivity index (χ3v) is 5.94. The van der Waals surface area contributed by atoms with Crippen LogP contribution in [0.25, 0.3) is 0 Å². The molecular formula is C25H28N2O3. The summed E-state index contributed by atoms with van der Waals surface area (Å²) in [6.07, 6.45) is 5.48. The number of carbonyl (C=O) groups is 2. The number of nitrogens with zero attached hydrogens (tertiary/aromatic N) is 1. The molecule has 2 aliphatic rings. The standard InChI is InChI=1S/C25H28N2O3/c1-3-4-16-23(29)27-20-13-7-6-11-18(20)26-19-12-9-14-21(28)24(19)25(27)17-10-5-8-15-22(17)30-2/h5-8,10-13,15,24-26H,3-4,9,14,16H2,1-2H3/t24-,25-/m0/s1. The molecule has 0 saturated heterocycles. The molecule has 2 aromatic carbocycles. The van der Waals surface area contributed by atoms with Crippen LogP contribution in [-0.2, 0) is 9.59 Å². The molecule has 1 heterocycles. The number of Topliss-reactive ketones (excluding diaryl/α,β-unsaturated/α-hetero) is 1. The summed E-state index contributed by atoms with van der Waals surface area (Å²) >= 11 is 0. The predicted octanol–water partition coefficient (Wildman–Crippen LogP) is 5.25. The quantitative estimate of drug-likeness (QED) is 0.740. The molecule has 0 bridgehead atoms. The van der Waals surface area contributed by atoms with Crippen LogP contribution in [0.1, 0.15) is 50.6 Å². The number of para-hydroxylation sites is 3. The highest BCUT2D eigenvalue weighted by Gasteiger charge is 2.44. The lowest BCUT2D eigenvalue weighted by atomic mass is 9.80. The first kappa shape index (κ1) is 20.2. The number of hydrogen-bond donors (Lipinski definition) is 1. The van der Waals surface area contributed by atoms with Gasteiger partial charge in [0.1, 0.15) is 11.5 Å². The number of allylic oxidation sites excluding steroid dienone is 1. The van der Waals surface area contributed by atoms with E-state index in [-0.39, 0.29) is 11.7 Å². The van der Waals surface area contributed by atoms with Gasteiger partial charge in [0.2, 0.25) is 5.91 Å². The van der Waals surface area contributed by atoms with E-state index >= 15 is 0 Å². The van der Waals surface area contributed by atoms with Crippen molar-refractivity contribution in [1.82, 2.24) is 0 Å². The van der Waals surface area contributed by atoms with E-state index in [2.05, 4.69) is 18.3 Å². The molecule has 1 aliphatic heterocycles. The van der Waals surface area contributed by atoms with Gasteiger partial charge in [-0.15, -0.1) is 0 Å². The lowest BCUT2D eigenvalue weighted by Crippen LogP contribution is -2.42. The van der Waals surface area contributed by atoms with Crippen molar-refractivity contribution >= 4 is 23.1 Å². The van der Waals surface area contributed by atoms with Crippen LogP contribution in [0.5, 0.6) is 5.75 Å². The Kier molecular flexibility index (Phi) is 5.88. The number of methoxy groups -OCH3 is 1. The SMILES string of the molecule is CCCCC(=O)N1c2ccccc2NC2=CCCC(=O)[C@H]2[C@@H]1c1ccccc1OC. The minimum atomic E-state index is -0.458. The summed E-state index contributed by atoms with van der Waals surface area (Å²) in [5, 5.41) is 3.48. The summed E-state index contributed by atoms with van der Waals surface area (Å²) in [7, 11) is 1.63. The number of nitrogens with one attached hydrogen (secondary N) is 1. The Morgan fingerprint density at radius 1 is 1.17 bits per heavy atom. The van der Waals surface area contributed by atoms with Gasteiger partial charge in [-0.1, -0.05) is 49.8 Å². The van der Waals surface area contributed by atoms with E-state index in [1.807, 2.05) is 53.4 Å². The number of carbonyl (C=O) groups excluding carboxylic acids is 2. The molecule has 5 heteroatoms. The van der Waals surface area contributed by atoms with Crippen LogP contribution in [0.3, 0.4) is 0 Å². The predicted molar refractivity (Wildman–Crippen MR) is 119 cm³/mol. The molecule has 1 amide bonds. The van der Waals surface area contributed by atoms with E-state index in [1.165, 1.54) is 0 Å². The van der Waals surface area contributed by atoms with E-state index < -0.39 is 12.0 Å². The van der Waals surface area contributed by atoms with Gasteiger partial charge in [-0.25, -0.2) is 0 Å². The van der Waals surface area contributed by atoms with Gasteiger partial charge in [0, 0.05) is 24.1 Å². The molecule has 0 fully saturated rings. The summed E-state index contributed by atoms with van der Waals surface area (Å²) in [6.45, 7) is 2.08. The first-order valence-corrected chi connectivity index (χ1v) is 10.7. The number of unbranched alkanes of at least 4 members (excludes halogenated alkanes) is 1. The normalized spacial score (nSPS) is 20.4. The molecular weight excluding hydrogens is 376 g/mol. The van der Waals surface area contributed by atoms with Crippen LogP contribution < -0.4 is 15.0 Å². The van der Waals surface area contributed by atoms with Gasteiger partial charge in [-0.05, 0) is 31.0 Å². The van der Waals surface area contributed by atoms with Crippen LogP contribution in [0.15, 0.2) is 60.3 Å². The Morgan fingerprint density at radius 3 is 2.73 bits per heavy atom. The zero-order valence-electron chi connectivity index (χ0n) is 17.6. The van der Waals surface area contributed by atoms with Crippen molar-refractivity contribution in [2.24, 2.45) is 5.92 Å². The monoisotopic (exact) mass is 404 g/mol. The number of hydrogen-bond acceptors (Lipinski definition) is 4. The summed E-state index contributed by atoms with van der Waals surface area (Å²) < 4.78 is 5.66. The highest BCUT2D eigenvalue weighted by Crippen LogP contribution is 2.48. The Hall–Kier alpha value is -3.08. The number of amides is 1. The molecule has 0 radical (unpaired) electrons. The molecule has 1 N–H and O–H groups in total. The van der Waals surface area contributed by atoms with Crippen molar-refractivity contribution in [2.45, 2.75) is 45.1 Å². The Morgan fingerprint density at radius 2 is 1.93 bits per heavy atom. The van der Waals surface area contributed by atoms with Crippen molar-refractivity contribution in [3.05, 3.63) is 65.9 Å². The molecule has 0 spiro atoms. The van der Waals surface area contributed by atoms with Crippen LogP contribution in [0.4, 0.5) is 11.4 Å². The van der Waals surface area contributed by atoms with Gasteiger partial charge in [0.25, 0.3) is 0 Å². The Balaban J connectivity index is 1.96. The fraction of sp³-hybridized carbons (Fsp3) is 0.360. The highest BCUT2D eigenvalue weighted by molar-refractivity contribution is 6.01. The molecule has 0 aromatic heterocycles. The average molecular weight is 405 g/mol. The van der Waals surface area contributed by atoms with Gasteiger partial charge in [0.15, 0.2) is 0 Å². The maximum Gasteiger partial charge on any atom is 0.227 e. The summed E-state index contributed by atoms with van der Waals surface area (Å²) in [4.78, 5) is 28.6. The molecule has 2 aromatic rings. The van der Waals surface area contributed by atoms with Gasteiger partial charge in [-0.3, -0.25) is 9.59 Å². The average Bonchev–Trinajstić information content (AvgIpc) is 2.92. The minimum Gasteiger partial charge on any atom is -0.496 e. The van der Waals surface area contributed by atoms with E-state index in [1.54, 1.807) is 7.11 Å². The molecule has 156 valence electrons. The topological polar surface area (TPSA) is 58.6 Å². The number of anilines is 2. The van der Waals surface area contributed by atoms with Crippen LogP contribution in [0.2, 0.25) is 0 Å². The zero-order valence-corrected chi connectivity index (χ0v) is 17.6. The van der Waals surface area contributed by atoms with Gasteiger partial charge in [-0.2, -0.15) is 0 Å². The second-order valence-corrected chi connectivity index (χ2v) is 7.84. The third kappa shape index (κ3) is 3.60. The number of benzene rings is 2. The Bertz CT molecular complexity index is 982. The second-order valence-electron chi connectivity index (χ2n) is 7.84. The maximum absolute atomic E-state index is 13.6. The first-order chi connectivity index (χ1) is 14.7. The van der Waals surface area contributed by atoms with Crippen LogP contribution >= 0.6 is 0 Å². The lowest BCUT2D eigenvalue weighted by Gasteiger charge is -2.37. The van der Waals surface area contributed by atoms with Gasteiger partial charge in [0.05, 0.1) is 30.4 Å². The Labute approximate surface area is 177 Å². The lowest BCUT2D eigenvalue weighted by molar-refractivity contribution is -0.123. The van der Waals surface area contributed by atoms with Crippen molar-refractivity contribution in [3.8, 4) is 5.75 Å². The van der Waals surface area contributed by atoms with Crippen LogP contribution in [-0.4, -0.2) is 18.8 Å². The molecule has 30 heavy (non-hydrogen) atoms. The minimum absolute atomic E-state index is 0.0293. The van der Waals surface area contributed by atoms with Gasteiger partial charge >= 0.3 is 0 Å². The summed E-state index contributed by atoms with van der Waals surface area (Å²) in [5.74, 6) is 0.416. The number of ketones is 1. The molecule has 1 aliphatic carbocycles. The highest BCUT2D eigenvalue weighted by atomic mass is 16.5. The van der Waals surface area contributed by atoms with E-state index in [0.717, 1.165) is 35.5 Å². The number of rotatable bonds is 5. The van der Waals surface area contributed by atoms with Gasteiger partial charge < -0.3 is 15.0 Å². The molecule has 5 nitrogen and oxygen atoms in total. The summed E-state index contributed by atoms with van der Waals surface area (Å²) in [5.41, 5.74) is 3.39. The van der Waals surface area contributed by atoms with Crippen molar-refractivity contribution in [2.75, 3.05) is 17.3 Å². The fourth-order valence-electron chi connectivity index (χ4n) is 4.51. The number of ether oxygens (including phenoxy) is 1. The van der Waals surface area contributed by atoms with E-state index in [4.69, 9.17) is 4.74 Å². The fourth-order valence-corrected chi connectivity index (χ4v) is 4.51. The molecule has 0 saturated carbocycles.